The first-order valence-corrected chi connectivity index (χ1v) is 13.1. The van der Waals surface area contributed by atoms with E-state index in [0.717, 1.165) is 4.68 Å². The zero-order chi connectivity index (χ0) is 37.8. The number of nitrogen functional groups attached to an aromatic ring is 1. The van der Waals surface area contributed by atoms with Crippen molar-refractivity contribution >= 4 is 40.3 Å². The fourth-order valence-corrected chi connectivity index (χ4v) is 3.73. The van der Waals surface area contributed by atoms with E-state index in [9.17, 15) is 48.7 Å². The molecule has 23 heteroatoms. The number of nitrogens with one attached hydrogen (secondary N) is 1. The summed E-state index contributed by atoms with van der Waals surface area (Å²) in [6, 6.07) is 8.86. The third-order valence-corrected chi connectivity index (χ3v) is 5.96. The Labute approximate surface area is 270 Å². The van der Waals surface area contributed by atoms with Crippen LogP contribution in [0.5, 0.6) is 0 Å². The van der Waals surface area contributed by atoms with Crippen LogP contribution in [-0.4, -0.2) is 64.9 Å². The zero-order valence-corrected chi connectivity index (χ0v) is 24.5. The van der Waals surface area contributed by atoms with Gasteiger partial charge in [0.25, 0.3) is 5.91 Å². The van der Waals surface area contributed by atoms with Crippen molar-refractivity contribution in [1.29, 1.82) is 0 Å². The molecule has 0 aliphatic carbocycles. The fourth-order valence-electron chi connectivity index (χ4n) is 3.73. The molecule has 0 fully saturated rings. The Morgan fingerprint density at radius 1 is 0.900 bits per heavy atom. The standard InChI is InChI=1S/C23H17F4N7O2.2C2HF3O2/c1-2-20-29-7-8-33(20)12-3-5-16(15(24)10-12)30-22(35)17-11-19(23(25,26)27)31-34(17)13-4-6-18-14(9-13)21(28)32-36-18;2*3-2(4,5)1(6)7/h3-11H,2H2,1H3,(H2,28,32)(H,30,35);2*(H,6,7). The normalized spacial score (nSPS) is 11.7. The molecular weight excluding hydrogens is 708 g/mol. The van der Waals surface area contributed by atoms with Crippen LogP contribution in [0.1, 0.15) is 28.9 Å². The van der Waals surface area contributed by atoms with Crippen LogP contribution in [0.3, 0.4) is 0 Å². The second-order valence-corrected chi connectivity index (χ2v) is 9.36. The van der Waals surface area contributed by atoms with Crippen molar-refractivity contribution in [2.75, 3.05) is 11.1 Å². The highest BCUT2D eigenvalue weighted by Crippen LogP contribution is 2.31. The minimum absolute atomic E-state index is 0.0207. The molecular formula is C27H19F10N7O6. The number of anilines is 2. The van der Waals surface area contributed by atoms with Gasteiger partial charge in [-0.25, -0.2) is 23.6 Å². The van der Waals surface area contributed by atoms with Gasteiger partial charge in [-0.15, -0.1) is 0 Å². The number of nitrogens with two attached hydrogens (primary N) is 1. The van der Waals surface area contributed by atoms with Crippen molar-refractivity contribution in [2.45, 2.75) is 31.9 Å². The number of aryl methyl sites for hydroxylation is 1. The molecule has 0 aliphatic rings. The van der Waals surface area contributed by atoms with E-state index in [1.54, 1.807) is 23.0 Å². The van der Waals surface area contributed by atoms with Gasteiger partial charge in [0.05, 0.1) is 16.8 Å². The highest BCUT2D eigenvalue weighted by atomic mass is 19.4. The van der Waals surface area contributed by atoms with Crippen molar-refractivity contribution in [3.63, 3.8) is 0 Å². The first kappa shape index (κ1) is 38.3. The second kappa shape index (κ2) is 14.5. The van der Waals surface area contributed by atoms with Crippen LogP contribution < -0.4 is 11.1 Å². The minimum atomic E-state index is -5.08. The SMILES string of the molecule is CCc1nccn1-c1ccc(NC(=O)c2cc(C(F)(F)F)nn2-c2ccc3onc(N)c3c2)c(F)c1.O=C(O)C(F)(F)F.O=C(O)C(F)(F)F. The number of aromatic nitrogens is 5. The van der Waals surface area contributed by atoms with Crippen molar-refractivity contribution in [3.05, 3.63) is 77.9 Å². The monoisotopic (exact) mass is 727 g/mol. The first-order valence-electron chi connectivity index (χ1n) is 13.1. The van der Waals surface area contributed by atoms with Crippen LogP contribution >= 0.6 is 0 Å². The largest absolute Gasteiger partial charge is 0.490 e. The van der Waals surface area contributed by atoms with Crippen LogP contribution in [0.25, 0.3) is 22.3 Å². The molecule has 3 aromatic heterocycles. The quantitative estimate of drug-likeness (QED) is 0.156. The van der Waals surface area contributed by atoms with Crippen molar-refractivity contribution < 1.29 is 73.0 Å². The van der Waals surface area contributed by atoms with E-state index in [-0.39, 0.29) is 17.2 Å². The summed E-state index contributed by atoms with van der Waals surface area (Å²) in [6.45, 7) is 1.90. The molecule has 2 aromatic carbocycles. The molecule has 0 atom stereocenters. The van der Waals surface area contributed by atoms with Crippen LogP contribution in [-0.2, 0) is 22.2 Å². The number of hydrogen-bond donors (Lipinski definition) is 4. The van der Waals surface area contributed by atoms with Crippen molar-refractivity contribution in [2.24, 2.45) is 0 Å². The molecule has 0 aliphatic heterocycles. The lowest BCUT2D eigenvalue weighted by Crippen LogP contribution is -2.21. The van der Waals surface area contributed by atoms with Gasteiger partial charge < -0.3 is 30.4 Å². The van der Waals surface area contributed by atoms with Crippen molar-refractivity contribution in [1.82, 2.24) is 24.5 Å². The number of benzene rings is 2. The summed E-state index contributed by atoms with van der Waals surface area (Å²) < 4.78 is 126. The number of carbonyl (C=O) groups excluding carboxylic acids is 1. The molecule has 50 heavy (non-hydrogen) atoms. The number of imidazole rings is 1. The van der Waals surface area contributed by atoms with E-state index < -0.39 is 53.6 Å². The van der Waals surface area contributed by atoms with Crippen LogP contribution in [0.4, 0.5) is 55.4 Å². The number of hydrogen-bond acceptors (Lipinski definition) is 8. The van der Waals surface area contributed by atoms with Gasteiger partial charge >= 0.3 is 30.5 Å². The number of alkyl halides is 9. The lowest BCUT2D eigenvalue weighted by molar-refractivity contribution is -0.193. The molecule has 0 spiro atoms. The lowest BCUT2D eigenvalue weighted by atomic mass is 10.2. The van der Waals surface area contributed by atoms with Gasteiger partial charge in [-0.2, -0.15) is 44.6 Å². The number of carbonyl (C=O) groups is 3. The van der Waals surface area contributed by atoms with E-state index in [2.05, 4.69) is 20.6 Å². The Morgan fingerprint density at radius 3 is 2.00 bits per heavy atom. The number of nitrogens with zero attached hydrogens (tertiary/aromatic N) is 5. The molecule has 13 nitrogen and oxygen atoms in total. The summed E-state index contributed by atoms with van der Waals surface area (Å²) in [5.41, 5.74) is 4.63. The first-order chi connectivity index (χ1) is 23.0. The molecule has 5 rings (SSSR count). The summed E-state index contributed by atoms with van der Waals surface area (Å²) in [5, 5.41) is 24.1. The number of rotatable bonds is 5. The highest BCUT2D eigenvalue weighted by molar-refractivity contribution is 6.04. The highest BCUT2D eigenvalue weighted by Gasteiger charge is 2.39. The van der Waals surface area contributed by atoms with E-state index in [4.69, 9.17) is 30.1 Å². The van der Waals surface area contributed by atoms with Crippen molar-refractivity contribution in [3.8, 4) is 11.4 Å². The minimum Gasteiger partial charge on any atom is -0.475 e. The van der Waals surface area contributed by atoms with E-state index in [1.807, 2.05) is 6.92 Å². The van der Waals surface area contributed by atoms with Crippen LogP contribution in [0.2, 0.25) is 0 Å². The maximum atomic E-state index is 14.9. The average molecular weight is 727 g/mol. The number of halogens is 10. The van der Waals surface area contributed by atoms with Gasteiger partial charge in [0.2, 0.25) is 0 Å². The predicted octanol–water partition coefficient (Wildman–Crippen LogP) is 6.02. The van der Waals surface area contributed by atoms with Crippen LogP contribution in [0.15, 0.2) is 59.4 Å². The Balaban J connectivity index is 0.000000408. The fraction of sp³-hybridized carbons (Fsp3) is 0.185. The predicted molar refractivity (Wildman–Crippen MR) is 149 cm³/mol. The second-order valence-electron chi connectivity index (χ2n) is 9.36. The molecule has 0 bridgehead atoms. The molecule has 3 heterocycles. The molecule has 1 amide bonds. The third kappa shape index (κ3) is 9.25. The molecule has 268 valence electrons. The lowest BCUT2D eigenvalue weighted by Gasteiger charge is -2.11. The Bertz CT molecular complexity index is 1990. The average Bonchev–Trinajstić information content (AvgIpc) is 3.76. The number of fused-ring (bicyclic) bond motifs is 1. The Hall–Kier alpha value is -6.16. The van der Waals surface area contributed by atoms with Gasteiger partial charge in [0.15, 0.2) is 17.1 Å². The third-order valence-electron chi connectivity index (χ3n) is 5.96. The van der Waals surface area contributed by atoms with Gasteiger partial charge in [0, 0.05) is 36.6 Å². The number of carboxylic acid groups (broad SMARTS) is 2. The van der Waals surface area contributed by atoms with E-state index >= 15 is 0 Å². The summed E-state index contributed by atoms with van der Waals surface area (Å²) in [7, 11) is 0. The summed E-state index contributed by atoms with van der Waals surface area (Å²) in [5.74, 6) is -6.56. The van der Waals surface area contributed by atoms with Gasteiger partial charge in [-0.05, 0) is 30.3 Å². The zero-order valence-electron chi connectivity index (χ0n) is 24.5. The molecule has 5 N–H and O–H groups in total. The Morgan fingerprint density at radius 2 is 1.48 bits per heavy atom. The summed E-state index contributed by atoms with van der Waals surface area (Å²) in [4.78, 5) is 35.0. The maximum Gasteiger partial charge on any atom is 0.490 e. The van der Waals surface area contributed by atoms with E-state index in [0.29, 0.717) is 35.0 Å². The van der Waals surface area contributed by atoms with Gasteiger partial charge in [-0.1, -0.05) is 12.1 Å². The van der Waals surface area contributed by atoms with Gasteiger partial charge in [0.1, 0.15) is 17.3 Å². The molecule has 5 aromatic rings. The molecule has 0 radical (unpaired) electrons. The van der Waals surface area contributed by atoms with Crippen LogP contribution in [0, 0.1) is 5.82 Å². The Kier molecular flexibility index (Phi) is 11.1. The number of carboxylic acids is 2. The van der Waals surface area contributed by atoms with E-state index in [1.165, 1.54) is 30.3 Å². The molecule has 0 saturated carbocycles. The summed E-state index contributed by atoms with van der Waals surface area (Å²) in [6.07, 6.45) is -11.1. The van der Waals surface area contributed by atoms with Gasteiger partial charge in [-0.3, -0.25) is 4.79 Å². The maximum absolute atomic E-state index is 14.9. The molecule has 0 saturated heterocycles. The topological polar surface area (TPSA) is 191 Å². The molecule has 0 unspecified atom stereocenters. The number of amides is 1. The summed E-state index contributed by atoms with van der Waals surface area (Å²) >= 11 is 0. The number of aliphatic carboxylic acids is 2. The smallest absolute Gasteiger partial charge is 0.475 e.